The highest BCUT2D eigenvalue weighted by molar-refractivity contribution is 5.95. The summed E-state index contributed by atoms with van der Waals surface area (Å²) in [6.45, 7) is 10.9. The standard InChI is InChI=1S/C20H29N3/c1-13-10-14(11-20(4,5)23-13)18-15-8-6-7-9-16(15)22-17(18)12-19(2,3)21/h6-9,11,13,22-23H,10,12,21H2,1-5H3. The number of fused-ring (bicyclic) bond motifs is 1. The second kappa shape index (κ2) is 5.50. The number of aromatic nitrogens is 1. The highest BCUT2D eigenvalue weighted by Gasteiger charge is 2.28. The van der Waals surface area contributed by atoms with Gasteiger partial charge in [-0.1, -0.05) is 24.3 Å². The van der Waals surface area contributed by atoms with Crippen molar-refractivity contribution in [2.24, 2.45) is 5.73 Å². The Morgan fingerprint density at radius 1 is 1.26 bits per heavy atom. The second-order valence-electron chi connectivity index (χ2n) is 8.33. The molecule has 0 amide bonds. The van der Waals surface area contributed by atoms with Gasteiger partial charge in [0.2, 0.25) is 0 Å². The van der Waals surface area contributed by atoms with Gasteiger partial charge in [-0.3, -0.25) is 0 Å². The molecule has 0 bridgehead atoms. The molecule has 1 unspecified atom stereocenters. The van der Waals surface area contributed by atoms with Crippen LogP contribution >= 0.6 is 0 Å². The Balaban J connectivity index is 2.18. The molecule has 1 aliphatic rings. The largest absolute Gasteiger partial charge is 0.358 e. The molecule has 1 atom stereocenters. The summed E-state index contributed by atoms with van der Waals surface area (Å²) in [5.74, 6) is 0. The summed E-state index contributed by atoms with van der Waals surface area (Å²) in [6, 6.07) is 9.05. The fourth-order valence-corrected chi connectivity index (χ4v) is 3.88. The second-order valence-corrected chi connectivity index (χ2v) is 8.33. The highest BCUT2D eigenvalue weighted by Crippen LogP contribution is 2.36. The Morgan fingerprint density at radius 3 is 2.61 bits per heavy atom. The Labute approximate surface area is 139 Å². The van der Waals surface area contributed by atoms with Crippen LogP contribution < -0.4 is 11.1 Å². The summed E-state index contributed by atoms with van der Waals surface area (Å²) in [7, 11) is 0. The molecule has 2 aromatic rings. The summed E-state index contributed by atoms with van der Waals surface area (Å²) >= 11 is 0. The predicted molar refractivity (Wildman–Crippen MR) is 99.5 cm³/mol. The van der Waals surface area contributed by atoms with Gasteiger partial charge >= 0.3 is 0 Å². The molecule has 1 aromatic carbocycles. The summed E-state index contributed by atoms with van der Waals surface area (Å²) < 4.78 is 0. The maximum atomic E-state index is 6.32. The predicted octanol–water partition coefficient (Wildman–Crippen LogP) is 3.99. The Bertz CT molecular complexity index is 744. The molecule has 1 aromatic heterocycles. The minimum atomic E-state index is -0.232. The first-order valence-electron chi connectivity index (χ1n) is 8.53. The number of para-hydroxylation sites is 1. The number of benzene rings is 1. The van der Waals surface area contributed by atoms with E-state index in [1.807, 2.05) is 0 Å². The van der Waals surface area contributed by atoms with Gasteiger partial charge in [-0.2, -0.15) is 0 Å². The minimum Gasteiger partial charge on any atom is -0.358 e. The van der Waals surface area contributed by atoms with E-state index in [4.69, 9.17) is 5.73 Å². The monoisotopic (exact) mass is 311 g/mol. The van der Waals surface area contributed by atoms with Crippen molar-refractivity contribution in [2.75, 3.05) is 0 Å². The van der Waals surface area contributed by atoms with Crippen molar-refractivity contribution in [3.63, 3.8) is 0 Å². The lowest BCUT2D eigenvalue weighted by atomic mass is 9.85. The highest BCUT2D eigenvalue weighted by atomic mass is 15.0. The van der Waals surface area contributed by atoms with Crippen LogP contribution in [-0.2, 0) is 6.42 Å². The van der Waals surface area contributed by atoms with Crippen molar-refractivity contribution < 1.29 is 0 Å². The topological polar surface area (TPSA) is 53.8 Å². The van der Waals surface area contributed by atoms with Gasteiger partial charge in [0, 0.05) is 45.7 Å². The molecule has 2 heterocycles. The Kier molecular flexibility index (Phi) is 3.89. The fourth-order valence-electron chi connectivity index (χ4n) is 3.88. The molecule has 23 heavy (non-hydrogen) atoms. The van der Waals surface area contributed by atoms with E-state index in [-0.39, 0.29) is 11.1 Å². The normalized spacial score (nSPS) is 21.5. The Hall–Kier alpha value is -1.58. The smallest absolute Gasteiger partial charge is 0.0462 e. The summed E-state index contributed by atoms with van der Waals surface area (Å²) in [4.78, 5) is 3.62. The zero-order chi connectivity index (χ0) is 16.8. The quantitative estimate of drug-likeness (QED) is 0.802. The van der Waals surface area contributed by atoms with Crippen LogP contribution in [0.3, 0.4) is 0 Å². The number of nitrogens with one attached hydrogen (secondary N) is 2. The molecule has 4 N–H and O–H groups in total. The van der Waals surface area contributed by atoms with Gasteiger partial charge in [-0.05, 0) is 52.7 Å². The van der Waals surface area contributed by atoms with Crippen LogP contribution in [0.25, 0.3) is 16.5 Å². The van der Waals surface area contributed by atoms with E-state index < -0.39 is 0 Å². The number of H-pyrrole nitrogens is 1. The molecule has 0 fully saturated rings. The van der Waals surface area contributed by atoms with E-state index in [0.29, 0.717) is 6.04 Å². The van der Waals surface area contributed by atoms with Gasteiger partial charge in [0.25, 0.3) is 0 Å². The minimum absolute atomic E-state index is 0.0148. The zero-order valence-corrected chi connectivity index (χ0v) is 15.0. The van der Waals surface area contributed by atoms with Crippen LogP contribution in [0.2, 0.25) is 0 Å². The molecular weight excluding hydrogens is 282 g/mol. The van der Waals surface area contributed by atoms with Gasteiger partial charge in [0.15, 0.2) is 0 Å². The Morgan fingerprint density at radius 2 is 1.96 bits per heavy atom. The zero-order valence-electron chi connectivity index (χ0n) is 15.0. The molecular formula is C20H29N3. The first-order chi connectivity index (χ1) is 10.6. The van der Waals surface area contributed by atoms with E-state index in [1.165, 1.54) is 27.7 Å². The van der Waals surface area contributed by atoms with E-state index >= 15 is 0 Å². The summed E-state index contributed by atoms with van der Waals surface area (Å²) in [6.07, 6.45) is 4.27. The van der Waals surface area contributed by atoms with Gasteiger partial charge < -0.3 is 16.0 Å². The molecule has 3 rings (SSSR count). The maximum absolute atomic E-state index is 6.32. The van der Waals surface area contributed by atoms with Crippen molar-refractivity contribution in [3.8, 4) is 0 Å². The van der Waals surface area contributed by atoms with Crippen LogP contribution in [0.5, 0.6) is 0 Å². The summed E-state index contributed by atoms with van der Waals surface area (Å²) in [5.41, 5.74) is 11.3. The first kappa shape index (κ1) is 16.3. The molecule has 3 heteroatoms. The van der Waals surface area contributed by atoms with Crippen molar-refractivity contribution in [3.05, 3.63) is 41.6 Å². The van der Waals surface area contributed by atoms with Crippen molar-refractivity contribution in [2.45, 2.75) is 64.6 Å². The fraction of sp³-hybridized carbons (Fsp3) is 0.500. The molecule has 0 saturated carbocycles. The van der Waals surface area contributed by atoms with Crippen LogP contribution in [0, 0.1) is 0 Å². The van der Waals surface area contributed by atoms with Crippen LogP contribution in [-0.4, -0.2) is 22.1 Å². The number of aromatic amines is 1. The van der Waals surface area contributed by atoms with Crippen LogP contribution in [0.1, 0.15) is 52.3 Å². The molecule has 0 spiro atoms. The van der Waals surface area contributed by atoms with Crippen LogP contribution in [0.4, 0.5) is 0 Å². The van der Waals surface area contributed by atoms with Crippen molar-refractivity contribution in [1.82, 2.24) is 10.3 Å². The molecule has 3 nitrogen and oxygen atoms in total. The van der Waals surface area contributed by atoms with Gasteiger partial charge in [0.1, 0.15) is 0 Å². The molecule has 0 radical (unpaired) electrons. The molecule has 1 aliphatic heterocycles. The first-order valence-corrected chi connectivity index (χ1v) is 8.53. The molecule has 0 aliphatic carbocycles. The lowest BCUT2D eigenvalue weighted by Crippen LogP contribution is -2.46. The molecule has 0 saturated heterocycles. The molecule has 124 valence electrons. The van der Waals surface area contributed by atoms with Crippen LogP contribution in [0.15, 0.2) is 30.3 Å². The van der Waals surface area contributed by atoms with Gasteiger partial charge in [0.05, 0.1) is 0 Å². The van der Waals surface area contributed by atoms with Crippen molar-refractivity contribution >= 4 is 16.5 Å². The third kappa shape index (κ3) is 3.51. The maximum Gasteiger partial charge on any atom is 0.0462 e. The average molecular weight is 311 g/mol. The van der Waals surface area contributed by atoms with Gasteiger partial charge in [-0.15, -0.1) is 0 Å². The number of nitrogens with two attached hydrogens (primary N) is 1. The third-order valence-corrected chi connectivity index (χ3v) is 4.42. The average Bonchev–Trinajstić information content (AvgIpc) is 2.71. The van der Waals surface area contributed by atoms with Crippen molar-refractivity contribution in [1.29, 1.82) is 0 Å². The number of rotatable bonds is 3. The van der Waals surface area contributed by atoms with E-state index in [9.17, 15) is 0 Å². The SMILES string of the molecule is CC1CC(c2c(CC(C)(C)N)[nH]c3ccccc23)=CC(C)(C)N1. The number of hydrogen-bond donors (Lipinski definition) is 3. The van der Waals surface area contributed by atoms with E-state index in [0.717, 1.165) is 12.8 Å². The number of hydrogen-bond acceptors (Lipinski definition) is 2. The summed E-state index contributed by atoms with van der Waals surface area (Å²) in [5, 5.41) is 4.96. The third-order valence-electron chi connectivity index (χ3n) is 4.42. The van der Waals surface area contributed by atoms with E-state index in [2.05, 4.69) is 75.3 Å². The van der Waals surface area contributed by atoms with Gasteiger partial charge in [-0.25, -0.2) is 0 Å². The lowest BCUT2D eigenvalue weighted by Gasteiger charge is -2.34. The van der Waals surface area contributed by atoms with E-state index in [1.54, 1.807) is 0 Å². The lowest BCUT2D eigenvalue weighted by molar-refractivity contribution is 0.398.